The Hall–Kier alpha value is -6.90. The number of aryl methyl sites for hydroxylation is 2. The molecule has 10 N–H and O–H groups in total. The van der Waals surface area contributed by atoms with Crippen molar-refractivity contribution in [1.82, 2.24) is 29.1 Å². The minimum absolute atomic E-state index is 0.122. The fourth-order valence-electron chi connectivity index (χ4n) is 9.21. The SMILES string of the molecule is Cc1nc2c(N)nc3ccc(NC(=O)CC(C)(C)CC(C)(C)CC(=O)Nc4ccc5nc(N)c6nc(C)n(Cc7ccc(CN)cc7)c6c5c4)cc3c2n1Cc1ccc(CN)cc1. The van der Waals surface area contributed by atoms with E-state index in [2.05, 4.69) is 81.7 Å². The number of hydrogen-bond acceptors (Lipinski definition) is 10. The number of carbonyl (C=O) groups excluding carboxylic acids is 2. The van der Waals surface area contributed by atoms with Gasteiger partial charge in [0.05, 0.1) is 22.1 Å². The quantitative estimate of drug-likeness (QED) is 0.0617. The molecule has 0 saturated carbocycles. The number of anilines is 4. The molecule has 0 bridgehead atoms. The zero-order valence-corrected chi connectivity index (χ0v) is 36.8. The van der Waals surface area contributed by atoms with Gasteiger partial charge < -0.3 is 42.7 Å². The van der Waals surface area contributed by atoms with Crippen LogP contribution in [0.2, 0.25) is 0 Å². The minimum atomic E-state index is -0.426. The van der Waals surface area contributed by atoms with Gasteiger partial charge in [-0.2, -0.15) is 0 Å². The van der Waals surface area contributed by atoms with E-state index in [1.54, 1.807) is 0 Å². The summed E-state index contributed by atoms with van der Waals surface area (Å²) in [7, 11) is 0. The van der Waals surface area contributed by atoms with Crippen LogP contribution in [0.4, 0.5) is 23.0 Å². The summed E-state index contributed by atoms with van der Waals surface area (Å²) in [4.78, 5) is 46.2. The largest absolute Gasteiger partial charge is 0.382 e. The maximum atomic E-state index is 13.7. The lowest BCUT2D eigenvalue weighted by Gasteiger charge is -2.34. The van der Waals surface area contributed by atoms with Gasteiger partial charge in [0.2, 0.25) is 11.8 Å². The molecule has 4 aromatic carbocycles. The van der Waals surface area contributed by atoms with Crippen molar-refractivity contribution in [2.45, 2.75) is 87.0 Å². The number of imidazole rings is 2. The van der Waals surface area contributed by atoms with Crippen molar-refractivity contribution >= 4 is 78.7 Å². The Bertz CT molecular complexity index is 2830. The summed E-state index contributed by atoms with van der Waals surface area (Å²) in [6.45, 7) is 14.3. The Morgan fingerprint density at radius 2 is 0.921 bits per heavy atom. The maximum Gasteiger partial charge on any atom is 0.224 e. The average molecular weight is 845 g/mol. The number of nitrogen functional groups attached to an aromatic ring is 2. The van der Waals surface area contributed by atoms with Gasteiger partial charge in [-0.1, -0.05) is 76.2 Å². The van der Waals surface area contributed by atoms with Crippen molar-refractivity contribution in [3.05, 3.63) is 119 Å². The normalized spacial score (nSPS) is 12.2. The molecule has 14 heteroatoms. The number of amides is 2. The fraction of sp³-hybridized carbons (Fsp3) is 0.306. The lowest BCUT2D eigenvalue weighted by atomic mass is 9.71. The van der Waals surface area contributed by atoms with E-state index in [4.69, 9.17) is 32.9 Å². The molecule has 4 aromatic heterocycles. The third-order valence-corrected chi connectivity index (χ3v) is 11.8. The topological polar surface area (TPSA) is 224 Å². The molecular formula is C49H56N12O2. The standard InChI is InChI=1S/C49H56N12O2/c1-28-54-42-44(60(28)25-32-11-7-30(23-50)8-12-32)36-19-34(15-17-38(36)58-46(42)52)56-40(62)21-48(3,4)27-49(5,6)22-41(63)57-35-16-18-39-37(20-35)45-43(47(53)59-39)55-29(2)61(45)26-33-13-9-31(24-51)10-14-33/h7-20H,21-27,50-51H2,1-6H3,(H2,52,58)(H2,53,59)(H,56,62)(H,57,63). The molecule has 4 heterocycles. The second-order valence-electron chi connectivity index (χ2n) is 18.3. The Balaban J connectivity index is 0.949. The van der Waals surface area contributed by atoms with Crippen molar-refractivity contribution in [2.75, 3.05) is 22.1 Å². The van der Waals surface area contributed by atoms with E-state index < -0.39 is 10.8 Å². The Kier molecular flexibility index (Phi) is 11.4. The number of pyridine rings is 2. The highest BCUT2D eigenvalue weighted by Crippen LogP contribution is 2.40. The molecule has 0 atom stereocenters. The van der Waals surface area contributed by atoms with Crippen LogP contribution in [0.25, 0.3) is 43.9 Å². The summed E-state index contributed by atoms with van der Waals surface area (Å²) in [5.41, 5.74) is 33.6. The molecule has 8 rings (SSSR count). The van der Waals surface area contributed by atoms with Gasteiger partial charge in [0.1, 0.15) is 22.7 Å². The fourth-order valence-corrected chi connectivity index (χ4v) is 9.21. The molecule has 63 heavy (non-hydrogen) atoms. The van der Waals surface area contributed by atoms with E-state index in [0.29, 0.717) is 77.7 Å². The van der Waals surface area contributed by atoms with Gasteiger partial charge in [0.15, 0.2) is 11.6 Å². The number of rotatable bonds is 14. The van der Waals surface area contributed by atoms with Crippen LogP contribution in [-0.2, 0) is 35.8 Å². The van der Waals surface area contributed by atoms with Crippen molar-refractivity contribution in [2.24, 2.45) is 22.3 Å². The number of nitrogens with zero attached hydrogens (tertiary/aromatic N) is 6. The molecule has 324 valence electrons. The number of hydrogen-bond donors (Lipinski definition) is 6. The Morgan fingerprint density at radius 3 is 1.29 bits per heavy atom. The summed E-state index contributed by atoms with van der Waals surface area (Å²) < 4.78 is 4.27. The summed E-state index contributed by atoms with van der Waals surface area (Å²) in [5, 5.41) is 7.94. The van der Waals surface area contributed by atoms with E-state index in [0.717, 1.165) is 55.7 Å². The molecular weight excluding hydrogens is 789 g/mol. The van der Waals surface area contributed by atoms with Gasteiger partial charge >= 0.3 is 0 Å². The van der Waals surface area contributed by atoms with Crippen molar-refractivity contribution in [1.29, 1.82) is 0 Å². The smallest absolute Gasteiger partial charge is 0.224 e. The second kappa shape index (κ2) is 16.8. The summed E-state index contributed by atoms with van der Waals surface area (Å²) >= 11 is 0. The molecule has 8 aromatic rings. The van der Waals surface area contributed by atoms with Gasteiger partial charge in [-0.15, -0.1) is 0 Å². The maximum absolute atomic E-state index is 13.7. The van der Waals surface area contributed by atoms with Crippen LogP contribution >= 0.6 is 0 Å². The Morgan fingerprint density at radius 1 is 0.556 bits per heavy atom. The first-order chi connectivity index (χ1) is 30.0. The zero-order valence-electron chi connectivity index (χ0n) is 36.8. The zero-order chi connectivity index (χ0) is 44.8. The Labute approximate surface area is 366 Å². The van der Waals surface area contributed by atoms with Crippen LogP contribution in [0.5, 0.6) is 0 Å². The van der Waals surface area contributed by atoms with Gasteiger partial charge in [-0.25, -0.2) is 19.9 Å². The van der Waals surface area contributed by atoms with Gasteiger partial charge in [-0.3, -0.25) is 9.59 Å². The van der Waals surface area contributed by atoms with E-state index >= 15 is 0 Å². The summed E-state index contributed by atoms with van der Waals surface area (Å²) in [6.07, 6.45) is 1.13. The molecule has 0 aliphatic rings. The number of carbonyl (C=O) groups is 2. The average Bonchev–Trinajstić information content (AvgIpc) is 3.74. The highest BCUT2D eigenvalue weighted by atomic mass is 16.2. The van der Waals surface area contributed by atoms with Crippen LogP contribution in [0.3, 0.4) is 0 Å². The lowest BCUT2D eigenvalue weighted by molar-refractivity contribution is -0.119. The molecule has 0 fully saturated rings. The predicted octanol–water partition coefficient (Wildman–Crippen LogP) is 8.08. The van der Waals surface area contributed by atoms with Crippen molar-refractivity contribution in [3.8, 4) is 0 Å². The lowest BCUT2D eigenvalue weighted by Crippen LogP contribution is -2.30. The number of aromatic nitrogens is 6. The number of benzene rings is 4. The third kappa shape index (κ3) is 9.04. The first-order valence-corrected chi connectivity index (χ1v) is 21.3. The predicted molar refractivity (Wildman–Crippen MR) is 254 cm³/mol. The van der Waals surface area contributed by atoms with Crippen molar-refractivity contribution in [3.63, 3.8) is 0 Å². The second-order valence-corrected chi connectivity index (χ2v) is 18.3. The van der Waals surface area contributed by atoms with E-state index in [9.17, 15) is 9.59 Å². The summed E-state index contributed by atoms with van der Waals surface area (Å²) in [5.74, 6) is 2.08. The molecule has 0 unspecified atom stereocenters. The van der Waals surface area contributed by atoms with Gasteiger partial charge in [-0.05, 0) is 89.8 Å². The van der Waals surface area contributed by atoms with Crippen LogP contribution in [0, 0.1) is 24.7 Å². The molecule has 0 spiro atoms. The first-order valence-electron chi connectivity index (χ1n) is 21.3. The molecule has 0 aliphatic heterocycles. The summed E-state index contributed by atoms with van der Waals surface area (Å²) in [6, 6.07) is 27.7. The van der Waals surface area contributed by atoms with E-state index in [-0.39, 0.29) is 24.7 Å². The number of nitrogens with one attached hydrogen (secondary N) is 2. The van der Waals surface area contributed by atoms with Crippen molar-refractivity contribution < 1.29 is 9.59 Å². The highest BCUT2D eigenvalue weighted by molar-refractivity contribution is 6.09. The third-order valence-electron chi connectivity index (χ3n) is 11.8. The van der Waals surface area contributed by atoms with E-state index in [1.165, 1.54) is 0 Å². The van der Waals surface area contributed by atoms with Crippen LogP contribution in [-0.4, -0.2) is 40.9 Å². The molecule has 0 aliphatic carbocycles. The van der Waals surface area contributed by atoms with Crippen LogP contribution in [0.15, 0.2) is 84.9 Å². The van der Waals surface area contributed by atoms with Gasteiger partial charge in [0, 0.05) is 61.2 Å². The number of fused-ring (bicyclic) bond motifs is 6. The monoisotopic (exact) mass is 844 g/mol. The molecule has 2 amide bonds. The van der Waals surface area contributed by atoms with Crippen LogP contribution in [0.1, 0.15) is 80.9 Å². The van der Waals surface area contributed by atoms with Gasteiger partial charge in [0.25, 0.3) is 0 Å². The van der Waals surface area contributed by atoms with E-state index in [1.807, 2.05) is 74.5 Å². The molecule has 0 radical (unpaired) electrons. The first kappa shape index (κ1) is 42.8. The molecule has 14 nitrogen and oxygen atoms in total. The number of nitrogens with two attached hydrogens (primary N) is 4. The minimum Gasteiger partial charge on any atom is -0.382 e. The molecule has 0 saturated heterocycles. The van der Waals surface area contributed by atoms with Crippen LogP contribution < -0.4 is 33.6 Å². The highest BCUT2D eigenvalue weighted by Gasteiger charge is 2.33.